The molecule has 1 aliphatic heterocycles. The normalized spacial score (nSPS) is 15.3. The van der Waals surface area contributed by atoms with Gasteiger partial charge in [0, 0.05) is 51.7 Å². The zero-order chi connectivity index (χ0) is 16.8. The molecule has 2 heterocycles. The summed E-state index contributed by atoms with van der Waals surface area (Å²) in [6.07, 6.45) is 3.51. The largest absolute Gasteiger partial charge is 0.334 e. The second kappa shape index (κ2) is 7.93. The van der Waals surface area contributed by atoms with E-state index in [1.165, 1.54) is 11.1 Å². The Labute approximate surface area is 143 Å². The number of hydrogen-bond donors (Lipinski definition) is 1. The van der Waals surface area contributed by atoms with E-state index < -0.39 is 0 Å². The lowest BCUT2D eigenvalue weighted by atomic mass is 10.1. The monoisotopic (exact) mass is 324 g/mol. The minimum absolute atomic E-state index is 0.00839. The number of rotatable bonds is 4. The molecule has 0 unspecified atom stereocenters. The van der Waals surface area contributed by atoms with Crippen LogP contribution in [0.15, 0.2) is 48.8 Å². The van der Waals surface area contributed by atoms with Crippen molar-refractivity contribution in [3.63, 3.8) is 0 Å². The van der Waals surface area contributed by atoms with Gasteiger partial charge in [-0.15, -0.1) is 0 Å². The van der Waals surface area contributed by atoms with Crippen LogP contribution in [0.2, 0.25) is 0 Å². The van der Waals surface area contributed by atoms with Gasteiger partial charge in [-0.3, -0.25) is 9.88 Å². The number of aryl methyl sites for hydroxylation is 1. The first-order chi connectivity index (χ1) is 11.7. The molecule has 24 heavy (non-hydrogen) atoms. The number of benzene rings is 1. The summed E-state index contributed by atoms with van der Waals surface area (Å²) in [5.74, 6) is 0. The van der Waals surface area contributed by atoms with E-state index in [1.54, 1.807) is 12.4 Å². The topological polar surface area (TPSA) is 48.5 Å². The summed E-state index contributed by atoms with van der Waals surface area (Å²) >= 11 is 0. The lowest BCUT2D eigenvalue weighted by Gasteiger charge is -2.34. The van der Waals surface area contributed by atoms with Gasteiger partial charge in [0.05, 0.1) is 0 Å². The highest BCUT2D eigenvalue weighted by molar-refractivity contribution is 5.74. The molecule has 1 fully saturated rings. The number of aromatic nitrogens is 1. The maximum absolute atomic E-state index is 12.3. The van der Waals surface area contributed by atoms with E-state index >= 15 is 0 Å². The van der Waals surface area contributed by atoms with Crippen molar-refractivity contribution in [1.29, 1.82) is 0 Å². The van der Waals surface area contributed by atoms with Gasteiger partial charge in [0.1, 0.15) is 0 Å². The molecule has 1 aliphatic rings. The van der Waals surface area contributed by atoms with Crippen LogP contribution in [0.1, 0.15) is 16.7 Å². The van der Waals surface area contributed by atoms with Gasteiger partial charge in [-0.2, -0.15) is 0 Å². The average Bonchev–Trinajstić information content (AvgIpc) is 2.61. The summed E-state index contributed by atoms with van der Waals surface area (Å²) in [7, 11) is 0. The first kappa shape index (κ1) is 16.5. The Morgan fingerprint density at radius 3 is 2.62 bits per heavy atom. The van der Waals surface area contributed by atoms with Crippen LogP contribution >= 0.6 is 0 Å². The number of piperazine rings is 1. The highest BCUT2D eigenvalue weighted by Crippen LogP contribution is 2.10. The molecular formula is C19H24N4O. The molecule has 0 bridgehead atoms. The second-order valence-corrected chi connectivity index (χ2v) is 6.27. The predicted octanol–water partition coefficient (Wildman–Crippen LogP) is 2.42. The molecule has 1 saturated heterocycles. The first-order valence-electron chi connectivity index (χ1n) is 8.40. The predicted molar refractivity (Wildman–Crippen MR) is 94.5 cm³/mol. The van der Waals surface area contributed by atoms with Crippen LogP contribution < -0.4 is 5.32 Å². The van der Waals surface area contributed by atoms with Gasteiger partial charge in [-0.05, 0) is 24.1 Å². The number of carbonyl (C=O) groups is 1. The summed E-state index contributed by atoms with van der Waals surface area (Å²) in [6, 6.07) is 12.5. The molecule has 0 spiro atoms. The molecule has 126 valence electrons. The molecule has 1 aromatic heterocycles. The third-order valence-electron chi connectivity index (χ3n) is 4.31. The van der Waals surface area contributed by atoms with Gasteiger partial charge in [0.25, 0.3) is 0 Å². The Bertz CT molecular complexity index is 666. The standard InChI is InChI=1S/C19H24N4O/c1-16-4-2-5-17(12-16)15-22-8-10-23(11-9-22)19(24)21-14-18-6-3-7-20-13-18/h2-7,12-13H,8-11,14-15H2,1H3,(H,21,24). The van der Waals surface area contributed by atoms with Crippen molar-refractivity contribution < 1.29 is 4.79 Å². The van der Waals surface area contributed by atoms with Gasteiger partial charge >= 0.3 is 6.03 Å². The molecule has 5 nitrogen and oxygen atoms in total. The number of nitrogens with zero attached hydrogens (tertiary/aromatic N) is 3. The van der Waals surface area contributed by atoms with Crippen LogP contribution in [0.3, 0.4) is 0 Å². The Kier molecular flexibility index (Phi) is 5.43. The van der Waals surface area contributed by atoms with Crippen LogP contribution in [0.25, 0.3) is 0 Å². The van der Waals surface area contributed by atoms with Gasteiger partial charge in [-0.1, -0.05) is 35.9 Å². The third-order valence-corrected chi connectivity index (χ3v) is 4.31. The van der Waals surface area contributed by atoms with Crippen LogP contribution in [0, 0.1) is 6.92 Å². The quantitative estimate of drug-likeness (QED) is 0.939. The van der Waals surface area contributed by atoms with Crippen molar-refractivity contribution in [1.82, 2.24) is 20.1 Å². The number of nitrogens with one attached hydrogen (secondary N) is 1. The van der Waals surface area contributed by atoms with Gasteiger partial charge < -0.3 is 10.2 Å². The maximum Gasteiger partial charge on any atom is 0.317 e. The highest BCUT2D eigenvalue weighted by atomic mass is 16.2. The number of pyridine rings is 1. The summed E-state index contributed by atoms with van der Waals surface area (Å²) in [4.78, 5) is 20.6. The van der Waals surface area contributed by atoms with E-state index in [4.69, 9.17) is 0 Å². The smallest absolute Gasteiger partial charge is 0.317 e. The van der Waals surface area contributed by atoms with Crippen LogP contribution in [-0.2, 0) is 13.1 Å². The number of hydrogen-bond acceptors (Lipinski definition) is 3. The van der Waals surface area contributed by atoms with Crippen molar-refractivity contribution in [3.05, 3.63) is 65.5 Å². The Balaban J connectivity index is 1.43. The Morgan fingerprint density at radius 2 is 1.92 bits per heavy atom. The average molecular weight is 324 g/mol. The van der Waals surface area contributed by atoms with Crippen LogP contribution in [0.4, 0.5) is 4.79 Å². The van der Waals surface area contributed by atoms with E-state index in [2.05, 4.69) is 46.4 Å². The van der Waals surface area contributed by atoms with Gasteiger partial charge in [-0.25, -0.2) is 4.79 Å². The number of carbonyl (C=O) groups excluding carboxylic acids is 1. The lowest BCUT2D eigenvalue weighted by molar-refractivity contribution is 0.135. The second-order valence-electron chi connectivity index (χ2n) is 6.27. The minimum Gasteiger partial charge on any atom is -0.334 e. The van der Waals surface area contributed by atoms with Gasteiger partial charge in [0.15, 0.2) is 0 Å². The fourth-order valence-electron chi connectivity index (χ4n) is 2.97. The Morgan fingerprint density at radius 1 is 1.12 bits per heavy atom. The summed E-state index contributed by atoms with van der Waals surface area (Å²) in [6.45, 7) is 6.95. The van der Waals surface area contributed by atoms with Crippen LogP contribution in [-0.4, -0.2) is 47.0 Å². The molecule has 2 aromatic rings. The van der Waals surface area contributed by atoms with Crippen molar-refractivity contribution in [2.24, 2.45) is 0 Å². The SMILES string of the molecule is Cc1cccc(CN2CCN(C(=O)NCc3cccnc3)CC2)c1. The molecule has 3 rings (SSSR count). The van der Waals surface area contributed by atoms with E-state index in [0.717, 1.165) is 38.3 Å². The van der Waals surface area contributed by atoms with E-state index in [1.807, 2.05) is 17.0 Å². The fourth-order valence-corrected chi connectivity index (χ4v) is 2.97. The van der Waals surface area contributed by atoms with Crippen molar-refractivity contribution in [3.8, 4) is 0 Å². The molecule has 0 radical (unpaired) electrons. The number of amides is 2. The molecule has 1 N–H and O–H groups in total. The van der Waals surface area contributed by atoms with Crippen LogP contribution in [0.5, 0.6) is 0 Å². The van der Waals surface area contributed by atoms with Crippen molar-refractivity contribution >= 4 is 6.03 Å². The molecule has 0 saturated carbocycles. The third kappa shape index (κ3) is 4.55. The zero-order valence-electron chi connectivity index (χ0n) is 14.1. The Hall–Kier alpha value is -2.40. The molecule has 0 atom stereocenters. The summed E-state index contributed by atoms with van der Waals surface area (Å²) < 4.78 is 0. The summed E-state index contributed by atoms with van der Waals surface area (Å²) in [5, 5.41) is 2.97. The molecule has 0 aliphatic carbocycles. The molecule has 5 heteroatoms. The fraction of sp³-hybridized carbons (Fsp3) is 0.368. The lowest BCUT2D eigenvalue weighted by Crippen LogP contribution is -2.51. The van der Waals surface area contributed by atoms with Crippen molar-refractivity contribution in [2.45, 2.75) is 20.0 Å². The van der Waals surface area contributed by atoms with E-state index in [-0.39, 0.29) is 6.03 Å². The maximum atomic E-state index is 12.3. The zero-order valence-corrected chi connectivity index (χ0v) is 14.1. The highest BCUT2D eigenvalue weighted by Gasteiger charge is 2.20. The minimum atomic E-state index is 0.00839. The first-order valence-corrected chi connectivity index (χ1v) is 8.40. The summed E-state index contributed by atoms with van der Waals surface area (Å²) in [5.41, 5.74) is 3.65. The van der Waals surface area contributed by atoms with E-state index in [9.17, 15) is 4.79 Å². The van der Waals surface area contributed by atoms with Crippen molar-refractivity contribution in [2.75, 3.05) is 26.2 Å². The molecule has 2 amide bonds. The van der Waals surface area contributed by atoms with Gasteiger partial charge in [0.2, 0.25) is 0 Å². The number of urea groups is 1. The van der Waals surface area contributed by atoms with E-state index in [0.29, 0.717) is 6.54 Å². The molecular weight excluding hydrogens is 300 g/mol. The molecule has 1 aromatic carbocycles.